The minimum atomic E-state index is 0.283. The highest BCUT2D eigenvalue weighted by Gasteiger charge is 2.06. The molecule has 0 aliphatic heterocycles. The molecular weight excluding hydrogens is 232 g/mol. The van der Waals surface area contributed by atoms with E-state index in [0.29, 0.717) is 11.6 Å². The van der Waals surface area contributed by atoms with Crippen LogP contribution >= 0.6 is 0 Å². The second-order valence-corrected chi connectivity index (χ2v) is 3.73. The Morgan fingerprint density at radius 1 is 1.22 bits per heavy atom. The van der Waals surface area contributed by atoms with Crippen LogP contribution in [0.5, 0.6) is 5.88 Å². The smallest absolute Gasteiger partial charge is 0.232 e. The maximum Gasteiger partial charge on any atom is 0.232 e. The molecule has 2 heterocycles. The second-order valence-electron chi connectivity index (χ2n) is 3.73. The number of benzene rings is 1. The first-order valence-electron chi connectivity index (χ1n) is 5.29. The van der Waals surface area contributed by atoms with E-state index in [1.807, 2.05) is 18.2 Å². The highest BCUT2D eigenvalue weighted by molar-refractivity contribution is 5.80. The first kappa shape index (κ1) is 10.5. The van der Waals surface area contributed by atoms with Crippen molar-refractivity contribution in [3.8, 4) is 17.1 Å². The lowest BCUT2D eigenvalue weighted by Gasteiger charge is -2.01. The molecule has 0 unspecified atom stereocenters. The quantitative estimate of drug-likeness (QED) is 0.738. The Morgan fingerprint density at radius 3 is 2.83 bits per heavy atom. The van der Waals surface area contributed by atoms with Gasteiger partial charge in [-0.3, -0.25) is 0 Å². The van der Waals surface area contributed by atoms with Gasteiger partial charge in [0.15, 0.2) is 0 Å². The number of nitrogens with two attached hydrogens (primary N) is 1. The summed E-state index contributed by atoms with van der Waals surface area (Å²) in [7, 11) is 1.56. The van der Waals surface area contributed by atoms with Gasteiger partial charge in [-0.05, 0) is 12.1 Å². The van der Waals surface area contributed by atoms with Crippen LogP contribution in [0.1, 0.15) is 0 Å². The van der Waals surface area contributed by atoms with E-state index >= 15 is 0 Å². The SMILES string of the molecule is COc1cnc2cc(-c3cc(N)on3)ccc2n1. The number of anilines is 1. The molecule has 0 saturated carbocycles. The Morgan fingerprint density at radius 2 is 2.11 bits per heavy atom. The Hall–Kier alpha value is -2.63. The van der Waals surface area contributed by atoms with Crippen molar-refractivity contribution in [2.75, 3.05) is 12.8 Å². The first-order valence-corrected chi connectivity index (χ1v) is 5.29. The van der Waals surface area contributed by atoms with E-state index in [2.05, 4.69) is 15.1 Å². The van der Waals surface area contributed by atoms with E-state index in [9.17, 15) is 0 Å². The van der Waals surface area contributed by atoms with Crippen LogP contribution in [-0.4, -0.2) is 22.2 Å². The lowest BCUT2D eigenvalue weighted by Crippen LogP contribution is -1.90. The zero-order valence-electron chi connectivity index (χ0n) is 9.62. The average Bonchev–Trinajstić information content (AvgIpc) is 2.84. The Kier molecular flexibility index (Phi) is 2.33. The molecule has 1 aromatic carbocycles. The van der Waals surface area contributed by atoms with E-state index in [1.165, 1.54) is 0 Å². The summed E-state index contributed by atoms with van der Waals surface area (Å²) in [5.74, 6) is 0.770. The summed E-state index contributed by atoms with van der Waals surface area (Å²) in [6, 6.07) is 7.27. The predicted octanol–water partition coefficient (Wildman–Crippen LogP) is 1.88. The van der Waals surface area contributed by atoms with Crippen LogP contribution in [0.4, 0.5) is 5.88 Å². The monoisotopic (exact) mass is 242 g/mol. The average molecular weight is 242 g/mol. The van der Waals surface area contributed by atoms with Gasteiger partial charge in [0.2, 0.25) is 11.8 Å². The summed E-state index contributed by atoms with van der Waals surface area (Å²) < 4.78 is 9.86. The maximum atomic E-state index is 5.49. The van der Waals surface area contributed by atoms with Crippen LogP contribution in [0.3, 0.4) is 0 Å². The van der Waals surface area contributed by atoms with E-state index in [0.717, 1.165) is 16.6 Å². The van der Waals surface area contributed by atoms with Crippen LogP contribution in [0, 0.1) is 0 Å². The number of nitrogens with zero attached hydrogens (tertiary/aromatic N) is 3. The van der Waals surface area contributed by atoms with Crippen molar-refractivity contribution in [2.24, 2.45) is 0 Å². The molecule has 0 atom stereocenters. The zero-order valence-corrected chi connectivity index (χ0v) is 9.62. The van der Waals surface area contributed by atoms with Crippen molar-refractivity contribution >= 4 is 16.9 Å². The number of ether oxygens (including phenoxy) is 1. The molecule has 0 bridgehead atoms. The van der Waals surface area contributed by atoms with Crippen molar-refractivity contribution < 1.29 is 9.26 Å². The number of fused-ring (bicyclic) bond motifs is 1. The van der Waals surface area contributed by atoms with E-state index in [4.69, 9.17) is 15.0 Å². The standard InChI is InChI=1S/C12H10N4O2/c1-17-12-6-14-10-4-7(2-3-8(10)15-12)9-5-11(13)18-16-9/h2-6H,13H2,1H3. The van der Waals surface area contributed by atoms with Gasteiger partial charge in [0, 0.05) is 11.6 Å². The third kappa shape index (κ3) is 1.73. The fraction of sp³-hybridized carbons (Fsp3) is 0.0833. The van der Waals surface area contributed by atoms with Gasteiger partial charge in [-0.25, -0.2) is 9.97 Å². The van der Waals surface area contributed by atoms with Crippen LogP contribution in [0.2, 0.25) is 0 Å². The van der Waals surface area contributed by atoms with Crippen molar-refractivity contribution in [3.63, 3.8) is 0 Å². The molecule has 0 saturated heterocycles. The molecular formula is C12H10N4O2. The Bertz CT molecular complexity index is 708. The summed E-state index contributed by atoms with van der Waals surface area (Å²) in [4.78, 5) is 8.55. The molecule has 3 aromatic rings. The summed E-state index contributed by atoms with van der Waals surface area (Å²) in [5.41, 5.74) is 8.56. The molecule has 0 aliphatic carbocycles. The number of methoxy groups -OCH3 is 1. The third-order valence-corrected chi connectivity index (χ3v) is 2.55. The van der Waals surface area contributed by atoms with Gasteiger partial charge in [-0.1, -0.05) is 11.2 Å². The number of hydrogen-bond acceptors (Lipinski definition) is 6. The van der Waals surface area contributed by atoms with Gasteiger partial charge >= 0.3 is 0 Å². The summed E-state index contributed by atoms with van der Waals surface area (Å²) in [6.07, 6.45) is 1.57. The highest BCUT2D eigenvalue weighted by atomic mass is 16.5. The zero-order chi connectivity index (χ0) is 12.5. The minimum Gasteiger partial charge on any atom is -0.480 e. The summed E-state index contributed by atoms with van der Waals surface area (Å²) in [5, 5.41) is 3.85. The van der Waals surface area contributed by atoms with Crippen LogP contribution in [-0.2, 0) is 0 Å². The number of aromatic nitrogens is 3. The van der Waals surface area contributed by atoms with E-state index < -0.39 is 0 Å². The second kappa shape index (κ2) is 3.99. The molecule has 0 amide bonds. The molecule has 0 fully saturated rings. The van der Waals surface area contributed by atoms with Crippen molar-refractivity contribution in [2.45, 2.75) is 0 Å². The first-order chi connectivity index (χ1) is 8.76. The van der Waals surface area contributed by atoms with Gasteiger partial charge in [0.05, 0.1) is 24.3 Å². The number of nitrogen functional groups attached to an aromatic ring is 1. The van der Waals surface area contributed by atoms with Crippen molar-refractivity contribution in [1.82, 2.24) is 15.1 Å². The topological polar surface area (TPSA) is 87.1 Å². The number of rotatable bonds is 2. The largest absolute Gasteiger partial charge is 0.480 e. The van der Waals surface area contributed by atoms with Gasteiger partial charge < -0.3 is 15.0 Å². The molecule has 0 aliphatic rings. The van der Waals surface area contributed by atoms with Crippen LogP contribution < -0.4 is 10.5 Å². The molecule has 2 aromatic heterocycles. The van der Waals surface area contributed by atoms with Gasteiger partial charge in [-0.15, -0.1) is 0 Å². The molecule has 0 radical (unpaired) electrons. The summed E-state index contributed by atoms with van der Waals surface area (Å²) >= 11 is 0. The Labute approximate surface area is 102 Å². The lowest BCUT2D eigenvalue weighted by molar-refractivity contribution is 0.397. The molecule has 90 valence electrons. The van der Waals surface area contributed by atoms with Crippen molar-refractivity contribution in [1.29, 1.82) is 0 Å². The highest BCUT2D eigenvalue weighted by Crippen LogP contribution is 2.23. The van der Waals surface area contributed by atoms with Gasteiger partial charge in [0.25, 0.3) is 0 Å². The molecule has 2 N–H and O–H groups in total. The third-order valence-electron chi connectivity index (χ3n) is 2.55. The lowest BCUT2D eigenvalue weighted by atomic mass is 10.1. The normalized spacial score (nSPS) is 10.7. The minimum absolute atomic E-state index is 0.283. The molecule has 18 heavy (non-hydrogen) atoms. The van der Waals surface area contributed by atoms with Crippen LogP contribution in [0.25, 0.3) is 22.3 Å². The molecule has 6 heteroatoms. The maximum absolute atomic E-state index is 5.49. The molecule has 0 spiro atoms. The van der Waals surface area contributed by atoms with Crippen LogP contribution in [0.15, 0.2) is 35.0 Å². The van der Waals surface area contributed by atoms with E-state index in [1.54, 1.807) is 19.4 Å². The molecule has 3 rings (SSSR count). The fourth-order valence-electron chi connectivity index (χ4n) is 1.68. The summed E-state index contributed by atoms with van der Waals surface area (Å²) in [6.45, 7) is 0. The molecule has 6 nitrogen and oxygen atoms in total. The van der Waals surface area contributed by atoms with Crippen molar-refractivity contribution in [3.05, 3.63) is 30.5 Å². The number of hydrogen-bond donors (Lipinski definition) is 1. The van der Waals surface area contributed by atoms with E-state index in [-0.39, 0.29) is 5.88 Å². The van der Waals surface area contributed by atoms with Gasteiger partial charge in [0.1, 0.15) is 5.69 Å². The predicted molar refractivity (Wildman–Crippen MR) is 66.0 cm³/mol. The van der Waals surface area contributed by atoms with Gasteiger partial charge in [-0.2, -0.15) is 0 Å². The fourth-order valence-corrected chi connectivity index (χ4v) is 1.68. The Balaban J connectivity index is 2.11.